The number of hydrogen-bond acceptors (Lipinski definition) is 7. The van der Waals surface area contributed by atoms with E-state index in [2.05, 4.69) is 34.0 Å². The molecular formula is C27H36ClN5O3. The van der Waals surface area contributed by atoms with Crippen molar-refractivity contribution in [1.29, 1.82) is 0 Å². The molecule has 0 spiro atoms. The van der Waals surface area contributed by atoms with E-state index in [9.17, 15) is 9.90 Å². The molecule has 9 heteroatoms. The fourth-order valence-electron chi connectivity index (χ4n) is 5.71. The van der Waals surface area contributed by atoms with E-state index < -0.39 is 6.10 Å². The number of carbonyl (C=O) groups excluding carboxylic acids is 1. The Balaban J connectivity index is 1.27. The number of carbonyl (C=O) groups is 1. The van der Waals surface area contributed by atoms with Crippen LogP contribution in [-0.2, 0) is 9.53 Å². The maximum atomic E-state index is 13.8. The molecule has 2 saturated heterocycles. The van der Waals surface area contributed by atoms with Crippen LogP contribution in [0.1, 0.15) is 67.9 Å². The second-order valence-corrected chi connectivity index (χ2v) is 10.9. The number of benzene rings is 1. The minimum Gasteiger partial charge on any atom is -0.387 e. The standard InChI is InChI=1S/C27H36ClN5O3/c1-17-7-12-36-23(13-17)29-15-21(19-3-5-20(28)6-4-19)27(35)33-10-8-32(9-11-33)26-24-18(2)14-22(34)25(24)30-16-31-26/h3-6,16-18,21-23,29,34H,7-15H2,1-2H3/t17?,18-,21?,22-,23+/m1/s1. The molecule has 194 valence electrons. The quantitative estimate of drug-likeness (QED) is 0.611. The number of aliphatic hydroxyl groups is 1. The highest BCUT2D eigenvalue weighted by Gasteiger charge is 2.35. The van der Waals surface area contributed by atoms with Crippen molar-refractivity contribution in [3.63, 3.8) is 0 Å². The molecule has 36 heavy (non-hydrogen) atoms. The first-order valence-electron chi connectivity index (χ1n) is 13.1. The number of nitrogens with zero attached hydrogens (tertiary/aromatic N) is 4. The Hall–Kier alpha value is -2.26. The highest BCUT2D eigenvalue weighted by atomic mass is 35.5. The van der Waals surface area contributed by atoms with Crippen molar-refractivity contribution in [2.45, 2.75) is 57.3 Å². The summed E-state index contributed by atoms with van der Waals surface area (Å²) in [6.07, 6.45) is 3.71. The highest BCUT2D eigenvalue weighted by molar-refractivity contribution is 6.30. The summed E-state index contributed by atoms with van der Waals surface area (Å²) in [6.45, 7) is 8.26. The number of rotatable bonds is 6. The van der Waals surface area contributed by atoms with Gasteiger partial charge in [0.05, 0.1) is 17.7 Å². The molecule has 5 rings (SSSR count). The molecule has 0 radical (unpaired) electrons. The molecule has 2 N–H and O–H groups in total. The fourth-order valence-corrected chi connectivity index (χ4v) is 5.84. The number of piperazine rings is 1. The van der Waals surface area contributed by atoms with Crippen molar-refractivity contribution in [1.82, 2.24) is 20.2 Å². The van der Waals surface area contributed by atoms with Gasteiger partial charge in [-0.3, -0.25) is 10.1 Å². The summed E-state index contributed by atoms with van der Waals surface area (Å²) in [4.78, 5) is 26.9. The zero-order valence-electron chi connectivity index (χ0n) is 21.1. The minimum atomic E-state index is -0.525. The van der Waals surface area contributed by atoms with E-state index >= 15 is 0 Å². The Morgan fingerprint density at radius 2 is 1.92 bits per heavy atom. The summed E-state index contributed by atoms with van der Waals surface area (Å²) in [7, 11) is 0. The first-order valence-corrected chi connectivity index (χ1v) is 13.5. The van der Waals surface area contributed by atoms with E-state index in [0.717, 1.165) is 42.1 Å². The van der Waals surface area contributed by atoms with Gasteiger partial charge >= 0.3 is 0 Å². The lowest BCUT2D eigenvalue weighted by atomic mass is 9.96. The summed E-state index contributed by atoms with van der Waals surface area (Å²) in [5, 5.41) is 14.5. The van der Waals surface area contributed by atoms with Crippen molar-refractivity contribution >= 4 is 23.3 Å². The van der Waals surface area contributed by atoms with Crippen LogP contribution in [0.2, 0.25) is 5.02 Å². The van der Waals surface area contributed by atoms with Gasteiger partial charge in [-0.1, -0.05) is 37.6 Å². The van der Waals surface area contributed by atoms with Crippen molar-refractivity contribution in [3.05, 3.63) is 52.4 Å². The zero-order valence-corrected chi connectivity index (χ0v) is 21.8. The second kappa shape index (κ2) is 11.0. The van der Waals surface area contributed by atoms with Gasteiger partial charge in [0, 0.05) is 49.9 Å². The molecule has 5 atom stereocenters. The van der Waals surface area contributed by atoms with Gasteiger partial charge in [-0.25, -0.2) is 9.97 Å². The van der Waals surface area contributed by atoms with Crippen molar-refractivity contribution in [3.8, 4) is 0 Å². The number of nitrogens with one attached hydrogen (secondary N) is 1. The van der Waals surface area contributed by atoms with Crippen LogP contribution in [0.4, 0.5) is 5.82 Å². The van der Waals surface area contributed by atoms with Crippen molar-refractivity contribution in [2.24, 2.45) is 5.92 Å². The topological polar surface area (TPSA) is 90.8 Å². The normalized spacial score (nSPS) is 27.1. The molecule has 3 aliphatic rings. The van der Waals surface area contributed by atoms with Crippen molar-refractivity contribution in [2.75, 3.05) is 44.2 Å². The highest BCUT2D eigenvalue weighted by Crippen LogP contribution is 2.42. The first kappa shape index (κ1) is 25.4. The zero-order chi connectivity index (χ0) is 25.2. The number of fused-ring (bicyclic) bond motifs is 1. The average molecular weight is 514 g/mol. The van der Waals surface area contributed by atoms with Gasteiger partial charge in [-0.05, 0) is 48.8 Å². The summed E-state index contributed by atoms with van der Waals surface area (Å²) in [5.74, 6) is 1.53. The lowest BCUT2D eigenvalue weighted by Crippen LogP contribution is -2.52. The van der Waals surface area contributed by atoms with Gasteiger partial charge in [0.1, 0.15) is 18.4 Å². The maximum absolute atomic E-state index is 13.8. The molecule has 0 saturated carbocycles. The van der Waals surface area contributed by atoms with Gasteiger partial charge in [-0.2, -0.15) is 0 Å². The van der Waals surface area contributed by atoms with E-state index in [-0.39, 0.29) is 24.0 Å². The van der Waals surface area contributed by atoms with E-state index in [4.69, 9.17) is 16.3 Å². The molecular weight excluding hydrogens is 478 g/mol. The number of aromatic nitrogens is 2. The third kappa shape index (κ3) is 5.37. The molecule has 1 amide bonds. The number of ether oxygens (including phenoxy) is 1. The Morgan fingerprint density at radius 3 is 2.64 bits per heavy atom. The molecule has 3 heterocycles. The first-order chi connectivity index (χ1) is 17.4. The Labute approximate surface area is 218 Å². The van der Waals surface area contributed by atoms with E-state index in [0.29, 0.717) is 50.1 Å². The molecule has 2 aliphatic heterocycles. The number of amides is 1. The molecule has 1 aromatic carbocycles. The second-order valence-electron chi connectivity index (χ2n) is 10.5. The van der Waals surface area contributed by atoms with Crippen LogP contribution >= 0.6 is 11.6 Å². The Morgan fingerprint density at radius 1 is 1.17 bits per heavy atom. The predicted molar refractivity (Wildman–Crippen MR) is 139 cm³/mol. The van der Waals surface area contributed by atoms with E-state index in [1.165, 1.54) is 0 Å². The summed E-state index contributed by atoms with van der Waals surface area (Å²) in [6, 6.07) is 7.59. The Kier molecular flexibility index (Phi) is 7.76. The average Bonchev–Trinajstić information content (AvgIpc) is 3.18. The molecule has 2 unspecified atom stereocenters. The molecule has 2 fully saturated rings. The van der Waals surface area contributed by atoms with Gasteiger partial charge in [-0.15, -0.1) is 0 Å². The van der Waals surface area contributed by atoms with Crippen LogP contribution in [0.15, 0.2) is 30.6 Å². The van der Waals surface area contributed by atoms with Crippen LogP contribution in [0.5, 0.6) is 0 Å². The monoisotopic (exact) mass is 513 g/mol. The SMILES string of the molecule is CC1CCO[C@H](NCC(C(=O)N2CCN(c3ncnc4c3[C@H](C)C[C@H]4O)CC2)c2ccc(Cl)cc2)C1. The predicted octanol–water partition coefficient (Wildman–Crippen LogP) is 3.47. The molecule has 1 aromatic heterocycles. The third-order valence-electron chi connectivity index (χ3n) is 7.84. The maximum Gasteiger partial charge on any atom is 0.231 e. The molecule has 2 aromatic rings. The number of hydrogen-bond donors (Lipinski definition) is 2. The molecule has 0 bridgehead atoms. The van der Waals surface area contributed by atoms with E-state index in [1.54, 1.807) is 6.33 Å². The lowest BCUT2D eigenvalue weighted by molar-refractivity contribution is -0.133. The van der Waals surface area contributed by atoms with E-state index in [1.807, 2.05) is 29.2 Å². The van der Waals surface area contributed by atoms with Gasteiger partial charge < -0.3 is 19.6 Å². The van der Waals surface area contributed by atoms with Crippen LogP contribution < -0.4 is 10.2 Å². The summed E-state index contributed by atoms with van der Waals surface area (Å²) >= 11 is 6.13. The van der Waals surface area contributed by atoms with Crippen LogP contribution in [0, 0.1) is 5.92 Å². The van der Waals surface area contributed by atoms with Crippen LogP contribution in [-0.4, -0.2) is 71.4 Å². The Bertz CT molecular complexity index is 1060. The van der Waals surface area contributed by atoms with Gasteiger partial charge in [0.2, 0.25) is 5.91 Å². The summed E-state index contributed by atoms with van der Waals surface area (Å²) in [5.41, 5.74) is 2.76. The number of anilines is 1. The largest absolute Gasteiger partial charge is 0.387 e. The molecule has 1 aliphatic carbocycles. The summed E-state index contributed by atoms with van der Waals surface area (Å²) < 4.78 is 5.90. The van der Waals surface area contributed by atoms with Crippen molar-refractivity contribution < 1.29 is 14.6 Å². The minimum absolute atomic E-state index is 0.0228. The fraction of sp³-hybridized carbons (Fsp3) is 0.593. The smallest absolute Gasteiger partial charge is 0.231 e. The third-order valence-corrected chi connectivity index (χ3v) is 8.09. The lowest BCUT2D eigenvalue weighted by Gasteiger charge is -2.38. The number of halogens is 1. The molecule has 8 nitrogen and oxygen atoms in total. The van der Waals surface area contributed by atoms with Gasteiger partial charge in [0.15, 0.2) is 0 Å². The van der Waals surface area contributed by atoms with Crippen LogP contribution in [0.25, 0.3) is 0 Å². The van der Waals surface area contributed by atoms with Crippen LogP contribution in [0.3, 0.4) is 0 Å². The van der Waals surface area contributed by atoms with Gasteiger partial charge in [0.25, 0.3) is 0 Å². The number of aliphatic hydroxyl groups excluding tert-OH is 1.